The molecule has 0 aromatic heterocycles. The molecule has 2 amide bonds. The van der Waals surface area contributed by atoms with Crippen LogP contribution in [0.15, 0.2) is 42.5 Å². The monoisotopic (exact) mass is 410 g/mol. The van der Waals surface area contributed by atoms with Crippen molar-refractivity contribution in [3.8, 4) is 5.75 Å². The Morgan fingerprint density at radius 1 is 1.00 bits per heavy atom. The summed E-state index contributed by atoms with van der Waals surface area (Å²) in [5, 5.41) is 2.93. The first-order chi connectivity index (χ1) is 14.3. The molecule has 1 N–H and O–H groups in total. The Labute approximate surface area is 180 Å². The van der Waals surface area contributed by atoms with E-state index < -0.39 is 6.04 Å². The van der Waals surface area contributed by atoms with E-state index in [1.165, 1.54) is 0 Å². The lowest BCUT2D eigenvalue weighted by atomic mass is 10.1. The number of ether oxygens (including phenoxy) is 1. The molecule has 0 saturated heterocycles. The summed E-state index contributed by atoms with van der Waals surface area (Å²) in [5.41, 5.74) is 4.20. The second-order valence-electron chi connectivity index (χ2n) is 7.78. The van der Waals surface area contributed by atoms with E-state index in [0.717, 1.165) is 28.7 Å². The zero-order chi connectivity index (χ0) is 22.1. The van der Waals surface area contributed by atoms with E-state index in [2.05, 4.69) is 5.32 Å². The minimum absolute atomic E-state index is 0.103. The van der Waals surface area contributed by atoms with E-state index in [4.69, 9.17) is 4.74 Å². The second-order valence-corrected chi connectivity index (χ2v) is 7.78. The molecule has 2 rings (SSSR count). The lowest BCUT2D eigenvalue weighted by Crippen LogP contribution is -2.50. The number of benzene rings is 2. The average Bonchev–Trinajstić information content (AvgIpc) is 2.73. The number of nitrogens with one attached hydrogen (secondary N) is 1. The van der Waals surface area contributed by atoms with Crippen LogP contribution in [0.5, 0.6) is 5.75 Å². The Bertz CT molecular complexity index is 846. The Morgan fingerprint density at radius 2 is 1.67 bits per heavy atom. The van der Waals surface area contributed by atoms with Crippen molar-refractivity contribution in [2.24, 2.45) is 0 Å². The molecule has 2 aromatic carbocycles. The quantitative estimate of drug-likeness (QED) is 0.634. The van der Waals surface area contributed by atoms with E-state index in [9.17, 15) is 9.59 Å². The van der Waals surface area contributed by atoms with Crippen LogP contribution >= 0.6 is 0 Å². The molecule has 0 aliphatic carbocycles. The van der Waals surface area contributed by atoms with E-state index in [0.29, 0.717) is 25.3 Å². The third-order valence-corrected chi connectivity index (χ3v) is 5.10. The van der Waals surface area contributed by atoms with Gasteiger partial charge in [-0.3, -0.25) is 9.59 Å². The number of hydrogen-bond donors (Lipinski definition) is 1. The maximum absolute atomic E-state index is 13.2. The fourth-order valence-electron chi connectivity index (χ4n) is 3.26. The van der Waals surface area contributed by atoms with Crippen LogP contribution in [0.4, 0.5) is 0 Å². The Kier molecular flexibility index (Phi) is 8.90. The van der Waals surface area contributed by atoms with Gasteiger partial charge in [0.1, 0.15) is 11.8 Å². The normalized spacial score (nSPS) is 11.6. The molecule has 0 spiro atoms. The number of aryl methyl sites for hydroxylation is 3. The number of hydrogen-bond acceptors (Lipinski definition) is 3. The molecule has 0 saturated carbocycles. The van der Waals surface area contributed by atoms with Crippen molar-refractivity contribution in [1.82, 2.24) is 10.2 Å². The van der Waals surface area contributed by atoms with Crippen LogP contribution in [-0.2, 0) is 16.1 Å². The van der Waals surface area contributed by atoms with Crippen LogP contribution in [0.3, 0.4) is 0 Å². The van der Waals surface area contributed by atoms with Gasteiger partial charge in [0.2, 0.25) is 5.91 Å². The second kappa shape index (κ2) is 11.4. The average molecular weight is 411 g/mol. The molecule has 0 unspecified atom stereocenters. The van der Waals surface area contributed by atoms with Gasteiger partial charge in [-0.05, 0) is 56.4 Å². The highest BCUT2D eigenvalue weighted by atomic mass is 16.5. The van der Waals surface area contributed by atoms with Gasteiger partial charge in [0.25, 0.3) is 5.91 Å². The highest BCUT2D eigenvalue weighted by Crippen LogP contribution is 2.20. The maximum Gasteiger partial charge on any atom is 0.261 e. The summed E-state index contributed by atoms with van der Waals surface area (Å²) >= 11 is 0. The molecule has 0 radical (unpaired) electrons. The third kappa shape index (κ3) is 6.61. The molecule has 5 nitrogen and oxygen atoms in total. The minimum Gasteiger partial charge on any atom is -0.483 e. The van der Waals surface area contributed by atoms with Crippen LogP contribution in [0.25, 0.3) is 0 Å². The van der Waals surface area contributed by atoms with Crippen LogP contribution in [0, 0.1) is 20.8 Å². The summed E-state index contributed by atoms with van der Waals surface area (Å²) in [6.45, 7) is 10.8. The summed E-state index contributed by atoms with van der Waals surface area (Å²) in [6.07, 6.45) is 1.39. The fourth-order valence-corrected chi connectivity index (χ4v) is 3.26. The zero-order valence-electron chi connectivity index (χ0n) is 18.8. The number of nitrogens with zero attached hydrogens (tertiary/aromatic N) is 1. The van der Waals surface area contributed by atoms with Gasteiger partial charge in [0, 0.05) is 13.1 Å². The van der Waals surface area contributed by atoms with Gasteiger partial charge in [0.05, 0.1) is 0 Å². The summed E-state index contributed by atoms with van der Waals surface area (Å²) in [7, 11) is 0. The fraction of sp³-hybridized carbons (Fsp3) is 0.440. The molecule has 30 heavy (non-hydrogen) atoms. The Hall–Kier alpha value is -2.82. The summed E-state index contributed by atoms with van der Waals surface area (Å²) < 4.78 is 5.85. The lowest BCUT2D eigenvalue weighted by molar-refractivity contribution is -0.143. The highest BCUT2D eigenvalue weighted by Gasteiger charge is 2.28. The first-order valence-electron chi connectivity index (χ1n) is 10.7. The largest absolute Gasteiger partial charge is 0.483 e. The standard InChI is InChI=1S/C25H34N2O3/c1-6-14-26-25(29)22(7-2)27(16-21-12-9-18(3)10-13-21)24(28)17-30-23-15-19(4)8-11-20(23)5/h8-13,15,22H,6-7,14,16-17H2,1-5H3,(H,26,29)/t22-/m1/s1. The smallest absolute Gasteiger partial charge is 0.261 e. The molecule has 2 aromatic rings. The molecular formula is C25H34N2O3. The van der Waals surface area contributed by atoms with Crippen LogP contribution < -0.4 is 10.1 Å². The molecule has 5 heteroatoms. The molecule has 162 valence electrons. The molecular weight excluding hydrogens is 376 g/mol. The predicted octanol–water partition coefficient (Wildman–Crippen LogP) is 4.32. The topological polar surface area (TPSA) is 58.6 Å². The van der Waals surface area contributed by atoms with Crippen molar-refractivity contribution in [2.75, 3.05) is 13.2 Å². The molecule has 0 aliphatic heterocycles. The summed E-state index contributed by atoms with van der Waals surface area (Å²) in [4.78, 5) is 27.6. The first kappa shape index (κ1) is 23.5. The van der Waals surface area contributed by atoms with Gasteiger partial charge in [-0.2, -0.15) is 0 Å². The van der Waals surface area contributed by atoms with Gasteiger partial charge in [-0.15, -0.1) is 0 Å². The predicted molar refractivity (Wildman–Crippen MR) is 121 cm³/mol. The van der Waals surface area contributed by atoms with Gasteiger partial charge in [-0.25, -0.2) is 0 Å². The van der Waals surface area contributed by atoms with Crippen molar-refractivity contribution in [3.05, 3.63) is 64.7 Å². The molecule has 1 atom stereocenters. The van der Waals surface area contributed by atoms with Crippen LogP contribution in [0.2, 0.25) is 0 Å². The van der Waals surface area contributed by atoms with Gasteiger partial charge in [-0.1, -0.05) is 55.8 Å². The summed E-state index contributed by atoms with van der Waals surface area (Å²) in [6, 6.07) is 13.4. The van der Waals surface area contributed by atoms with Crippen molar-refractivity contribution >= 4 is 11.8 Å². The highest BCUT2D eigenvalue weighted by molar-refractivity contribution is 5.88. The van der Waals surface area contributed by atoms with Crippen LogP contribution in [0.1, 0.15) is 48.9 Å². The maximum atomic E-state index is 13.2. The third-order valence-electron chi connectivity index (χ3n) is 5.10. The lowest BCUT2D eigenvalue weighted by Gasteiger charge is -2.30. The van der Waals surface area contributed by atoms with Crippen LogP contribution in [-0.4, -0.2) is 35.9 Å². The van der Waals surface area contributed by atoms with E-state index in [1.54, 1.807) is 4.90 Å². The van der Waals surface area contributed by atoms with Gasteiger partial charge in [0.15, 0.2) is 6.61 Å². The van der Waals surface area contributed by atoms with Crippen molar-refractivity contribution in [1.29, 1.82) is 0 Å². The molecule has 0 fully saturated rings. The van der Waals surface area contributed by atoms with Crippen molar-refractivity contribution < 1.29 is 14.3 Å². The minimum atomic E-state index is -0.535. The number of rotatable bonds is 10. The number of carbonyl (C=O) groups excluding carboxylic acids is 2. The summed E-state index contributed by atoms with van der Waals surface area (Å²) in [5.74, 6) is 0.378. The van der Waals surface area contributed by atoms with Gasteiger partial charge < -0.3 is 15.0 Å². The zero-order valence-corrected chi connectivity index (χ0v) is 18.8. The molecule has 0 bridgehead atoms. The Morgan fingerprint density at radius 3 is 2.30 bits per heavy atom. The Balaban J connectivity index is 2.21. The molecule has 0 heterocycles. The van der Waals surface area contributed by atoms with E-state index in [-0.39, 0.29) is 18.4 Å². The van der Waals surface area contributed by atoms with Crippen molar-refractivity contribution in [2.45, 2.75) is 60.0 Å². The van der Waals surface area contributed by atoms with E-state index >= 15 is 0 Å². The van der Waals surface area contributed by atoms with Gasteiger partial charge >= 0.3 is 0 Å². The molecule has 0 aliphatic rings. The van der Waals surface area contributed by atoms with Crippen molar-refractivity contribution in [3.63, 3.8) is 0 Å². The SMILES string of the molecule is CCCNC(=O)[C@@H](CC)N(Cc1ccc(C)cc1)C(=O)COc1cc(C)ccc1C. The number of carbonyl (C=O) groups is 2. The first-order valence-corrected chi connectivity index (χ1v) is 10.7. The number of amides is 2. The van der Waals surface area contributed by atoms with E-state index in [1.807, 2.05) is 77.1 Å².